The number of benzene rings is 1. The van der Waals surface area contributed by atoms with Gasteiger partial charge < -0.3 is 4.52 Å². The van der Waals surface area contributed by atoms with Gasteiger partial charge in [-0.3, -0.25) is 4.57 Å². The van der Waals surface area contributed by atoms with Gasteiger partial charge in [-0.05, 0) is 25.1 Å². The van der Waals surface area contributed by atoms with E-state index in [-0.39, 0.29) is 11.2 Å². The molecule has 1 unspecified atom stereocenters. The molecular formula is C16H17ClN4OS. The second kappa shape index (κ2) is 6.76. The molecule has 0 aliphatic rings. The van der Waals surface area contributed by atoms with Crippen LogP contribution < -0.4 is 0 Å². The molecule has 1 atom stereocenters. The minimum Gasteiger partial charge on any atom is -0.338 e. The fourth-order valence-electron chi connectivity index (χ4n) is 2.05. The van der Waals surface area contributed by atoms with Gasteiger partial charge in [0.2, 0.25) is 5.89 Å². The molecule has 3 rings (SSSR count). The lowest BCUT2D eigenvalue weighted by atomic mass is 10.2. The van der Waals surface area contributed by atoms with Crippen LogP contribution in [0, 0.1) is 0 Å². The molecule has 23 heavy (non-hydrogen) atoms. The minimum absolute atomic E-state index is 0.00957. The summed E-state index contributed by atoms with van der Waals surface area (Å²) in [6.07, 6.45) is 3.68. The topological polar surface area (TPSA) is 56.7 Å². The van der Waals surface area contributed by atoms with E-state index in [0.29, 0.717) is 10.9 Å². The molecular weight excluding hydrogens is 332 g/mol. The Morgan fingerprint density at radius 3 is 2.78 bits per heavy atom. The van der Waals surface area contributed by atoms with Crippen LogP contribution in [0.5, 0.6) is 0 Å². The molecule has 0 saturated heterocycles. The van der Waals surface area contributed by atoms with Crippen LogP contribution in [0.3, 0.4) is 0 Å². The van der Waals surface area contributed by atoms with Crippen LogP contribution in [0.2, 0.25) is 5.02 Å². The highest BCUT2D eigenvalue weighted by Gasteiger charge is 2.19. The summed E-state index contributed by atoms with van der Waals surface area (Å²) in [6.45, 7) is 6.11. The molecule has 0 spiro atoms. The number of halogens is 1. The van der Waals surface area contributed by atoms with Crippen molar-refractivity contribution in [2.75, 3.05) is 0 Å². The Morgan fingerprint density at radius 1 is 1.26 bits per heavy atom. The van der Waals surface area contributed by atoms with Crippen LogP contribution in [0.25, 0.3) is 5.69 Å². The van der Waals surface area contributed by atoms with Crippen molar-refractivity contribution < 1.29 is 4.52 Å². The second-order valence-electron chi connectivity index (χ2n) is 5.47. The summed E-state index contributed by atoms with van der Waals surface area (Å²) in [5.41, 5.74) is 0.970. The molecule has 0 fully saturated rings. The quantitative estimate of drug-likeness (QED) is 0.615. The summed E-state index contributed by atoms with van der Waals surface area (Å²) in [4.78, 5) is 8.87. The van der Waals surface area contributed by atoms with E-state index < -0.39 is 0 Å². The summed E-state index contributed by atoms with van der Waals surface area (Å²) in [5, 5.41) is 5.57. The summed E-state index contributed by atoms with van der Waals surface area (Å²) in [5.74, 6) is 1.59. The molecule has 0 bridgehead atoms. The predicted octanol–water partition coefficient (Wildman–Crippen LogP) is 4.89. The highest BCUT2D eigenvalue weighted by molar-refractivity contribution is 7.99. The zero-order valence-corrected chi connectivity index (χ0v) is 14.7. The molecule has 0 amide bonds. The van der Waals surface area contributed by atoms with Gasteiger partial charge in [0.05, 0.1) is 5.25 Å². The van der Waals surface area contributed by atoms with Crippen LogP contribution in [0.15, 0.2) is 46.3 Å². The van der Waals surface area contributed by atoms with Crippen molar-refractivity contribution >= 4 is 23.4 Å². The van der Waals surface area contributed by atoms with Crippen LogP contribution in [-0.2, 0) is 0 Å². The summed E-state index contributed by atoms with van der Waals surface area (Å²) in [7, 11) is 0. The van der Waals surface area contributed by atoms with Gasteiger partial charge in [0.15, 0.2) is 11.0 Å². The van der Waals surface area contributed by atoms with Gasteiger partial charge in [-0.1, -0.05) is 48.4 Å². The Labute approximate surface area is 144 Å². The number of thioether (sulfide) groups is 1. The fourth-order valence-corrected chi connectivity index (χ4v) is 3.15. The van der Waals surface area contributed by atoms with Crippen molar-refractivity contribution in [1.82, 2.24) is 19.7 Å². The molecule has 3 aromatic rings. The first-order chi connectivity index (χ1) is 11.0. The third-order valence-electron chi connectivity index (χ3n) is 3.30. The maximum Gasteiger partial charge on any atom is 0.239 e. The number of aromatic nitrogens is 4. The molecule has 7 heteroatoms. The van der Waals surface area contributed by atoms with E-state index in [1.807, 2.05) is 55.8 Å². The lowest BCUT2D eigenvalue weighted by Gasteiger charge is -2.10. The average molecular weight is 349 g/mol. The monoisotopic (exact) mass is 348 g/mol. The number of rotatable bonds is 5. The Balaban J connectivity index is 1.82. The first-order valence-electron chi connectivity index (χ1n) is 7.34. The van der Waals surface area contributed by atoms with Gasteiger partial charge in [0.1, 0.15) is 0 Å². The van der Waals surface area contributed by atoms with E-state index >= 15 is 0 Å². The third-order valence-corrected chi connectivity index (χ3v) is 4.60. The zero-order valence-electron chi connectivity index (χ0n) is 13.1. The number of imidazole rings is 1. The highest BCUT2D eigenvalue weighted by Crippen LogP contribution is 2.34. The largest absolute Gasteiger partial charge is 0.338 e. The van der Waals surface area contributed by atoms with Crippen molar-refractivity contribution in [2.45, 2.75) is 37.1 Å². The lowest BCUT2D eigenvalue weighted by molar-refractivity contribution is 0.373. The summed E-state index contributed by atoms with van der Waals surface area (Å²) >= 11 is 7.64. The van der Waals surface area contributed by atoms with Crippen molar-refractivity contribution in [3.63, 3.8) is 0 Å². The Morgan fingerprint density at radius 2 is 2.09 bits per heavy atom. The van der Waals surface area contributed by atoms with Crippen molar-refractivity contribution in [1.29, 1.82) is 0 Å². The molecule has 0 saturated carbocycles. The summed E-state index contributed by atoms with van der Waals surface area (Å²) < 4.78 is 7.35. The lowest BCUT2D eigenvalue weighted by Crippen LogP contribution is -1.98. The Bertz CT molecular complexity index is 799. The SMILES string of the molecule is CC(C)c1noc(C(C)Sc2nccn2-c2cccc(Cl)c2)n1. The zero-order chi connectivity index (χ0) is 16.4. The average Bonchev–Trinajstić information content (AvgIpc) is 3.16. The highest BCUT2D eigenvalue weighted by atomic mass is 35.5. The van der Waals surface area contributed by atoms with Gasteiger partial charge in [-0.25, -0.2) is 4.98 Å². The smallest absolute Gasteiger partial charge is 0.239 e. The number of nitrogens with zero attached hydrogens (tertiary/aromatic N) is 4. The van der Waals surface area contributed by atoms with E-state index in [2.05, 4.69) is 15.1 Å². The van der Waals surface area contributed by atoms with E-state index in [1.165, 1.54) is 0 Å². The minimum atomic E-state index is 0.00957. The molecule has 0 N–H and O–H groups in total. The molecule has 0 radical (unpaired) electrons. The normalized spacial score (nSPS) is 12.7. The summed E-state index contributed by atoms with van der Waals surface area (Å²) in [6, 6.07) is 7.67. The van der Waals surface area contributed by atoms with Crippen LogP contribution in [-0.4, -0.2) is 19.7 Å². The standard InChI is InChI=1S/C16H17ClN4OS/c1-10(2)14-19-15(22-20-14)11(3)23-16-18-7-8-21(16)13-6-4-5-12(17)9-13/h4-11H,1-3H3. The number of hydrogen-bond donors (Lipinski definition) is 0. The van der Waals surface area contributed by atoms with E-state index in [9.17, 15) is 0 Å². The van der Waals surface area contributed by atoms with Gasteiger partial charge in [-0.15, -0.1) is 0 Å². The molecule has 1 aromatic carbocycles. The van der Waals surface area contributed by atoms with Crippen LogP contribution in [0.4, 0.5) is 0 Å². The molecule has 0 aliphatic heterocycles. The molecule has 2 aromatic heterocycles. The van der Waals surface area contributed by atoms with Gasteiger partial charge in [0.25, 0.3) is 0 Å². The maximum absolute atomic E-state index is 6.07. The Hall–Kier alpha value is -1.79. The predicted molar refractivity (Wildman–Crippen MR) is 91.2 cm³/mol. The van der Waals surface area contributed by atoms with Crippen molar-refractivity contribution in [2.24, 2.45) is 0 Å². The van der Waals surface area contributed by atoms with Crippen LogP contribution >= 0.6 is 23.4 Å². The van der Waals surface area contributed by atoms with E-state index in [0.717, 1.165) is 16.7 Å². The first-order valence-corrected chi connectivity index (χ1v) is 8.60. The van der Waals surface area contributed by atoms with Crippen molar-refractivity contribution in [3.8, 4) is 5.69 Å². The van der Waals surface area contributed by atoms with Gasteiger partial charge >= 0.3 is 0 Å². The Kier molecular flexibility index (Phi) is 4.73. The number of hydrogen-bond acceptors (Lipinski definition) is 5. The fraction of sp³-hybridized carbons (Fsp3) is 0.312. The van der Waals surface area contributed by atoms with Crippen molar-refractivity contribution in [3.05, 3.63) is 53.4 Å². The molecule has 2 heterocycles. The van der Waals surface area contributed by atoms with E-state index in [1.54, 1.807) is 18.0 Å². The maximum atomic E-state index is 6.07. The molecule has 120 valence electrons. The molecule has 0 aliphatic carbocycles. The first kappa shape index (κ1) is 16.1. The van der Waals surface area contributed by atoms with E-state index in [4.69, 9.17) is 16.1 Å². The van der Waals surface area contributed by atoms with Gasteiger partial charge in [0, 0.05) is 29.0 Å². The second-order valence-corrected chi connectivity index (χ2v) is 7.21. The third kappa shape index (κ3) is 3.59. The molecule has 5 nitrogen and oxygen atoms in total. The van der Waals surface area contributed by atoms with Gasteiger partial charge in [-0.2, -0.15) is 4.98 Å². The van der Waals surface area contributed by atoms with Crippen LogP contribution in [0.1, 0.15) is 43.7 Å².